The van der Waals surface area contributed by atoms with Gasteiger partial charge in [-0.25, -0.2) is 4.99 Å². The summed E-state index contributed by atoms with van der Waals surface area (Å²) in [4.78, 5) is 7.03. The van der Waals surface area contributed by atoms with E-state index in [-0.39, 0.29) is 0 Å². The van der Waals surface area contributed by atoms with Crippen LogP contribution in [-0.4, -0.2) is 61.9 Å². The van der Waals surface area contributed by atoms with E-state index in [0.717, 1.165) is 62.3 Å². The van der Waals surface area contributed by atoms with Crippen molar-refractivity contribution in [1.29, 1.82) is 0 Å². The predicted molar refractivity (Wildman–Crippen MR) is 124 cm³/mol. The molecule has 0 amide bonds. The Bertz CT molecular complexity index is 742. The van der Waals surface area contributed by atoms with Crippen LogP contribution in [0.25, 0.3) is 0 Å². The highest BCUT2D eigenvalue weighted by Gasteiger charge is 2.07. The van der Waals surface area contributed by atoms with Crippen molar-refractivity contribution in [3.8, 4) is 11.5 Å². The summed E-state index contributed by atoms with van der Waals surface area (Å²) in [6, 6.07) is 10.1. The van der Waals surface area contributed by atoms with Gasteiger partial charge < -0.3 is 29.6 Å². The molecule has 1 heterocycles. The Kier molecular flexibility index (Phi) is 10.7. The second-order valence-electron chi connectivity index (χ2n) is 6.90. The lowest BCUT2D eigenvalue weighted by molar-refractivity contribution is 0.217. The van der Waals surface area contributed by atoms with Crippen LogP contribution in [0.2, 0.25) is 0 Å². The van der Waals surface area contributed by atoms with Crippen molar-refractivity contribution in [1.82, 2.24) is 20.1 Å². The number of hydrogen-bond acceptors (Lipinski definition) is 4. The van der Waals surface area contributed by atoms with Gasteiger partial charge in [0.1, 0.15) is 6.61 Å². The van der Waals surface area contributed by atoms with Gasteiger partial charge in [-0.05, 0) is 49.8 Å². The number of aromatic nitrogens is 1. The van der Waals surface area contributed by atoms with Crippen LogP contribution < -0.4 is 20.1 Å². The minimum absolute atomic E-state index is 0.564. The van der Waals surface area contributed by atoms with Gasteiger partial charge in [0.25, 0.3) is 0 Å². The zero-order valence-corrected chi connectivity index (χ0v) is 18.9. The molecule has 0 atom stereocenters. The molecule has 30 heavy (non-hydrogen) atoms. The molecular formula is C23H37N5O2. The van der Waals surface area contributed by atoms with E-state index >= 15 is 0 Å². The Hall–Kier alpha value is -2.67. The van der Waals surface area contributed by atoms with Gasteiger partial charge in [-0.2, -0.15) is 0 Å². The first-order chi connectivity index (χ1) is 14.7. The molecule has 0 aliphatic heterocycles. The number of nitrogens with zero attached hydrogens (tertiary/aromatic N) is 3. The molecule has 0 radical (unpaired) electrons. The summed E-state index contributed by atoms with van der Waals surface area (Å²) in [6.07, 6.45) is 4.12. The second-order valence-corrected chi connectivity index (χ2v) is 6.90. The quantitative estimate of drug-likeness (QED) is 0.389. The molecule has 0 bridgehead atoms. The van der Waals surface area contributed by atoms with Crippen LogP contribution in [0.4, 0.5) is 0 Å². The Morgan fingerprint density at radius 3 is 2.50 bits per heavy atom. The van der Waals surface area contributed by atoms with E-state index in [2.05, 4.69) is 53.3 Å². The Labute approximate surface area is 181 Å². The molecule has 7 heteroatoms. The molecule has 1 aromatic heterocycles. The van der Waals surface area contributed by atoms with Crippen molar-refractivity contribution >= 4 is 5.96 Å². The third-order valence-electron chi connectivity index (χ3n) is 4.88. The summed E-state index contributed by atoms with van der Waals surface area (Å²) in [6.45, 7) is 13.1. The van der Waals surface area contributed by atoms with Crippen LogP contribution in [0, 0.1) is 0 Å². The number of hydrogen-bond donors (Lipinski definition) is 2. The highest BCUT2D eigenvalue weighted by molar-refractivity contribution is 5.79. The number of likely N-dealkylation sites (N-methyl/N-ethyl adjacent to an activating group) is 1. The van der Waals surface area contributed by atoms with E-state index in [1.165, 1.54) is 0 Å². The van der Waals surface area contributed by atoms with Crippen molar-refractivity contribution in [2.24, 2.45) is 4.99 Å². The minimum Gasteiger partial charge on any atom is -0.493 e. The van der Waals surface area contributed by atoms with Gasteiger partial charge in [-0.3, -0.25) is 0 Å². The zero-order valence-electron chi connectivity index (χ0n) is 18.9. The summed E-state index contributed by atoms with van der Waals surface area (Å²) < 4.78 is 13.6. The number of nitrogens with one attached hydrogen (secondary N) is 2. The average molecular weight is 416 g/mol. The van der Waals surface area contributed by atoms with Gasteiger partial charge >= 0.3 is 0 Å². The average Bonchev–Trinajstić information content (AvgIpc) is 3.29. The van der Waals surface area contributed by atoms with Crippen LogP contribution in [0.5, 0.6) is 11.5 Å². The molecule has 0 fully saturated rings. The summed E-state index contributed by atoms with van der Waals surface area (Å²) in [5.74, 6) is 2.32. The van der Waals surface area contributed by atoms with Gasteiger partial charge in [-0.1, -0.05) is 19.9 Å². The van der Waals surface area contributed by atoms with E-state index in [4.69, 9.17) is 14.5 Å². The molecule has 0 unspecified atom stereocenters. The number of guanidine groups is 1. The topological polar surface area (TPSA) is 63.1 Å². The molecule has 2 rings (SSSR count). The maximum absolute atomic E-state index is 5.94. The van der Waals surface area contributed by atoms with Crippen LogP contribution in [0.1, 0.15) is 26.3 Å². The van der Waals surface area contributed by atoms with Crippen LogP contribution in [-0.2, 0) is 13.1 Å². The smallest absolute Gasteiger partial charge is 0.191 e. The second kappa shape index (κ2) is 13.5. The highest BCUT2D eigenvalue weighted by Crippen LogP contribution is 2.28. The minimum atomic E-state index is 0.564. The molecule has 2 aromatic rings. The van der Waals surface area contributed by atoms with Crippen molar-refractivity contribution in [2.45, 2.75) is 33.9 Å². The number of ether oxygens (including phenoxy) is 2. The summed E-state index contributed by atoms with van der Waals surface area (Å²) in [5, 5.41) is 6.67. The van der Waals surface area contributed by atoms with E-state index in [1.807, 2.05) is 30.3 Å². The summed E-state index contributed by atoms with van der Waals surface area (Å²) in [5.41, 5.74) is 1.07. The first-order valence-corrected chi connectivity index (χ1v) is 10.8. The normalized spacial score (nSPS) is 11.6. The molecule has 0 aliphatic rings. The number of aliphatic imine (C=N–C) groups is 1. The molecule has 1 aromatic carbocycles. The Balaban J connectivity index is 1.91. The molecule has 0 spiro atoms. The van der Waals surface area contributed by atoms with Gasteiger partial charge in [-0.15, -0.1) is 0 Å². The molecule has 0 saturated carbocycles. The van der Waals surface area contributed by atoms with Crippen molar-refractivity contribution < 1.29 is 9.47 Å². The maximum Gasteiger partial charge on any atom is 0.191 e. The van der Waals surface area contributed by atoms with Crippen LogP contribution in [0.15, 0.2) is 47.7 Å². The van der Waals surface area contributed by atoms with E-state index < -0.39 is 0 Å². The van der Waals surface area contributed by atoms with Gasteiger partial charge in [0.15, 0.2) is 17.5 Å². The van der Waals surface area contributed by atoms with Crippen molar-refractivity contribution in [3.05, 3.63) is 48.3 Å². The van der Waals surface area contributed by atoms with E-state index in [1.54, 1.807) is 7.11 Å². The maximum atomic E-state index is 5.94. The summed E-state index contributed by atoms with van der Waals surface area (Å²) >= 11 is 0. The monoisotopic (exact) mass is 415 g/mol. The van der Waals surface area contributed by atoms with Crippen LogP contribution >= 0.6 is 0 Å². The lowest BCUT2D eigenvalue weighted by atomic mass is 10.2. The van der Waals surface area contributed by atoms with Gasteiger partial charge in [0.05, 0.1) is 13.7 Å². The largest absolute Gasteiger partial charge is 0.493 e. The standard InChI is InChI=1S/C23H37N5O2/c1-5-24-23(25-12-15-28-13-8-9-14-28)26-19-20-10-11-21(22(18-20)29-4)30-17-16-27(6-2)7-3/h8-11,13-14,18H,5-7,12,15-17,19H2,1-4H3,(H2,24,25,26). The first-order valence-electron chi connectivity index (χ1n) is 10.8. The molecule has 7 nitrogen and oxygen atoms in total. The van der Waals surface area contributed by atoms with Gasteiger partial charge in [0, 0.05) is 38.6 Å². The fourth-order valence-electron chi connectivity index (χ4n) is 3.09. The first kappa shape index (κ1) is 23.6. The Morgan fingerprint density at radius 2 is 1.83 bits per heavy atom. The third kappa shape index (κ3) is 7.99. The summed E-state index contributed by atoms with van der Waals surface area (Å²) in [7, 11) is 1.67. The fraction of sp³-hybridized carbons (Fsp3) is 0.522. The van der Waals surface area contributed by atoms with Crippen molar-refractivity contribution in [2.75, 3.05) is 46.4 Å². The SMILES string of the molecule is CCNC(=NCc1ccc(OCCN(CC)CC)c(OC)c1)NCCn1cccc1. The molecule has 0 saturated heterocycles. The van der Waals surface area contributed by atoms with E-state index in [0.29, 0.717) is 13.2 Å². The predicted octanol–water partition coefficient (Wildman–Crippen LogP) is 2.97. The molecule has 0 aliphatic carbocycles. The fourth-order valence-corrected chi connectivity index (χ4v) is 3.09. The number of rotatable bonds is 13. The molecular weight excluding hydrogens is 378 g/mol. The van der Waals surface area contributed by atoms with Crippen LogP contribution in [0.3, 0.4) is 0 Å². The zero-order chi connectivity index (χ0) is 21.6. The Morgan fingerprint density at radius 1 is 1.07 bits per heavy atom. The van der Waals surface area contributed by atoms with Gasteiger partial charge in [0.2, 0.25) is 0 Å². The van der Waals surface area contributed by atoms with E-state index in [9.17, 15) is 0 Å². The highest BCUT2D eigenvalue weighted by atomic mass is 16.5. The third-order valence-corrected chi connectivity index (χ3v) is 4.88. The molecule has 166 valence electrons. The lowest BCUT2D eigenvalue weighted by Gasteiger charge is -2.19. The molecule has 2 N–H and O–H groups in total. The number of methoxy groups -OCH3 is 1. The number of benzene rings is 1. The lowest BCUT2D eigenvalue weighted by Crippen LogP contribution is -2.38. The van der Waals surface area contributed by atoms with Crippen molar-refractivity contribution in [3.63, 3.8) is 0 Å².